The summed E-state index contributed by atoms with van der Waals surface area (Å²) >= 11 is 5.85. The number of hydrogen-bond acceptors (Lipinski definition) is 2. The predicted molar refractivity (Wildman–Crippen MR) is 79.2 cm³/mol. The van der Waals surface area contributed by atoms with Gasteiger partial charge in [0.05, 0.1) is 7.11 Å². The maximum absolute atomic E-state index is 14.2. The number of benzene rings is 2. The standard InChI is InChI=1S/C16H11ClF2O3/c1-22-13-8-10(17)4-7-12(13)14(15(19)16(20)21)9-2-5-11(18)6-3-9/h2-8H,1H3,(H,20,21)/b15-14-. The summed E-state index contributed by atoms with van der Waals surface area (Å²) in [4.78, 5) is 11.0. The molecule has 0 saturated carbocycles. The zero-order chi connectivity index (χ0) is 16.3. The highest BCUT2D eigenvalue weighted by molar-refractivity contribution is 6.30. The number of carboxylic acid groups (broad SMARTS) is 1. The van der Waals surface area contributed by atoms with Crippen molar-refractivity contribution in [1.82, 2.24) is 0 Å². The SMILES string of the molecule is COc1cc(Cl)ccc1/C(=C(\F)C(=O)O)c1ccc(F)cc1. The molecule has 0 amide bonds. The number of carbonyl (C=O) groups is 1. The molecule has 0 atom stereocenters. The van der Waals surface area contributed by atoms with Crippen LogP contribution in [0.2, 0.25) is 5.02 Å². The Kier molecular flexibility index (Phi) is 4.78. The molecule has 2 aromatic rings. The second-order valence-electron chi connectivity index (χ2n) is 4.35. The van der Waals surface area contributed by atoms with Gasteiger partial charge in [0.2, 0.25) is 5.83 Å². The van der Waals surface area contributed by atoms with E-state index < -0.39 is 17.6 Å². The molecule has 22 heavy (non-hydrogen) atoms. The highest BCUT2D eigenvalue weighted by Gasteiger charge is 2.21. The average molecular weight is 325 g/mol. The van der Waals surface area contributed by atoms with Crippen LogP contribution < -0.4 is 4.74 Å². The Bertz CT molecular complexity index is 740. The Labute approximate surface area is 130 Å². The van der Waals surface area contributed by atoms with E-state index in [1.54, 1.807) is 0 Å². The monoisotopic (exact) mass is 324 g/mol. The van der Waals surface area contributed by atoms with Crippen molar-refractivity contribution in [1.29, 1.82) is 0 Å². The maximum Gasteiger partial charge on any atom is 0.365 e. The smallest absolute Gasteiger partial charge is 0.365 e. The zero-order valence-corrected chi connectivity index (χ0v) is 12.2. The summed E-state index contributed by atoms with van der Waals surface area (Å²) in [7, 11) is 1.36. The highest BCUT2D eigenvalue weighted by Crippen LogP contribution is 2.35. The third-order valence-electron chi connectivity index (χ3n) is 2.97. The molecule has 0 aliphatic rings. The molecular weight excluding hydrogens is 314 g/mol. The summed E-state index contributed by atoms with van der Waals surface area (Å²) < 4.78 is 32.3. The van der Waals surface area contributed by atoms with Gasteiger partial charge in [0, 0.05) is 16.2 Å². The number of halogens is 3. The van der Waals surface area contributed by atoms with Crippen LogP contribution in [0, 0.1) is 5.82 Å². The van der Waals surface area contributed by atoms with Gasteiger partial charge in [0.15, 0.2) is 0 Å². The second-order valence-corrected chi connectivity index (χ2v) is 4.78. The summed E-state index contributed by atoms with van der Waals surface area (Å²) in [6.07, 6.45) is 0. The van der Waals surface area contributed by atoms with E-state index in [2.05, 4.69) is 0 Å². The fourth-order valence-corrected chi connectivity index (χ4v) is 2.16. The van der Waals surface area contributed by atoms with Gasteiger partial charge in [-0.3, -0.25) is 0 Å². The van der Waals surface area contributed by atoms with Crippen molar-refractivity contribution in [3.63, 3.8) is 0 Å². The molecule has 0 spiro atoms. The van der Waals surface area contributed by atoms with Crippen molar-refractivity contribution in [3.8, 4) is 5.75 Å². The van der Waals surface area contributed by atoms with Crippen LogP contribution in [0.25, 0.3) is 5.57 Å². The number of aliphatic carboxylic acids is 1. The van der Waals surface area contributed by atoms with Gasteiger partial charge in [0.25, 0.3) is 0 Å². The van der Waals surface area contributed by atoms with Crippen LogP contribution in [0.1, 0.15) is 11.1 Å². The minimum Gasteiger partial charge on any atom is -0.496 e. The molecule has 3 nitrogen and oxygen atoms in total. The lowest BCUT2D eigenvalue weighted by Crippen LogP contribution is -2.03. The minimum atomic E-state index is -1.73. The van der Waals surface area contributed by atoms with Gasteiger partial charge in [-0.25, -0.2) is 9.18 Å². The normalized spacial score (nSPS) is 11.8. The molecule has 114 valence electrons. The first kappa shape index (κ1) is 16.0. The minimum absolute atomic E-state index is 0.207. The average Bonchev–Trinajstić information content (AvgIpc) is 2.50. The number of carboxylic acids is 1. The Hall–Kier alpha value is -2.40. The van der Waals surface area contributed by atoms with Crippen molar-refractivity contribution in [2.75, 3.05) is 7.11 Å². The molecular formula is C16H11ClF2O3. The third-order valence-corrected chi connectivity index (χ3v) is 3.21. The molecule has 0 unspecified atom stereocenters. The van der Waals surface area contributed by atoms with Crippen LogP contribution in [0.3, 0.4) is 0 Å². The lowest BCUT2D eigenvalue weighted by molar-refractivity contribution is -0.134. The number of hydrogen-bond donors (Lipinski definition) is 1. The fraction of sp³-hybridized carbons (Fsp3) is 0.0625. The van der Waals surface area contributed by atoms with E-state index in [9.17, 15) is 13.6 Å². The van der Waals surface area contributed by atoms with E-state index in [1.165, 1.54) is 37.4 Å². The maximum atomic E-state index is 14.2. The molecule has 0 aromatic heterocycles. The Balaban J connectivity index is 2.73. The van der Waals surface area contributed by atoms with E-state index in [1.807, 2.05) is 0 Å². The molecule has 2 rings (SSSR count). The van der Waals surface area contributed by atoms with E-state index >= 15 is 0 Å². The van der Waals surface area contributed by atoms with Gasteiger partial charge in [-0.1, -0.05) is 23.7 Å². The van der Waals surface area contributed by atoms with Crippen LogP contribution in [0.15, 0.2) is 48.3 Å². The third kappa shape index (κ3) is 3.26. The van der Waals surface area contributed by atoms with Gasteiger partial charge < -0.3 is 9.84 Å². The fourth-order valence-electron chi connectivity index (χ4n) is 2.00. The van der Waals surface area contributed by atoms with Crippen molar-refractivity contribution >= 4 is 23.1 Å². The number of methoxy groups -OCH3 is 1. The molecule has 0 fully saturated rings. The molecule has 0 aliphatic heterocycles. The Morgan fingerprint density at radius 3 is 2.36 bits per heavy atom. The van der Waals surface area contributed by atoms with Crippen LogP contribution in [0.5, 0.6) is 5.75 Å². The Morgan fingerprint density at radius 1 is 1.18 bits per heavy atom. The lowest BCUT2D eigenvalue weighted by atomic mass is 9.96. The highest BCUT2D eigenvalue weighted by atomic mass is 35.5. The predicted octanol–water partition coefficient (Wildman–Crippen LogP) is 4.30. The van der Waals surface area contributed by atoms with Crippen molar-refractivity contribution in [2.24, 2.45) is 0 Å². The second kappa shape index (κ2) is 6.58. The molecule has 6 heteroatoms. The molecule has 0 saturated heterocycles. The van der Waals surface area contributed by atoms with Gasteiger partial charge in [-0.05, 0) is 35.9 Å². The number of rotatable bonds is 4. The largest absolute Gasteiger partial charge is 0.496 e. The summed E-state index contributed by atoms with van der Waals surface area (Å²) in [5.41, 5.74) is 0.210. The Morgan fingerprint density at radius 2 is 1.82 bits per heavy atom. The molecule has 0 bridgehead atoms. The van der Waals surface area contributed by atoms with Gasteiger partial charge in [-0.15, -0.1) is 0 Å². The molecule has 0 heterocycles. The molecule has 0 radical (unpaired) electrons. The zero-order valence-electron chi connectivity index (χ0n) is 11.4. The topological polar surface area (TPSA) is 46.5 Å². The van der Waals surface area contributed by atoms with E-state index in [-0.39, 0.29) is 22.4 Å². The first-order valence-electron chi connectivity index (χ1n) is 6.17. The van der Waals surface area contributed by atoms with E-state index in [0.29, 0.717) is 5.02 Å². The van der Waals surface area contributed by atoms with Gasteiger partial charge >= 0.3 is 5.97 Å². The van der Waals surface area contributed by atoms with Gasteiger partial charge in [0.1, 0.15) is 11.6 Å². The van der Waals surface area contributed by atoms with Crippen molar-refractivity contribution in [2.45, 2.75) is 0 Å². The molecule has 2 aromatic carbocycles. The first-order chi connectivity index (χ1) is 10.4. The van der Waals surface area contributed by atoms with Crippen LogP contribution in [-0.4, -0.2) is 18.2 Å². The number of ether oxygens (including phenoxy) is 1. The summed E-state index contributed by atoms with van der Waals surface area (Å²) in [5.74, 6) is -3.39. The summed E-state index contributed by atoms with van der Waals surface area (Å²) in [5, 5.41) is 9.33. The summed E-state index contributed by atoms with van der Waals surface area (Å²) in [6, 6.07) is 9.19. The first-order valence-corrected chi connectivity index (χ1v) is 6.54. The van der Waals surface area contributed by atoms with Crippen LogP contribution >= 0.6 is 11.6 Å². The van der Waals surface area contributed by atoms with Crippen LogP contribution in [0.4, 0.5) is 8.78 Å². The van der Waals surface area contributed by atoms with E-state index in [4.69, 9.17) is 21.4 Å². The lowest BCUT2D eigenvalue weighted by Gasteiger charge is -2.13. The van der Waals surface area contributed by atoms with Crippen molar-refractivity contribution in [3.05, 3.63) is 70.3 Å². The van der Waals surface area contributed by atoms with Crippen molar-refractivity contribution < 1.29 is 23.4 Å². The van der Waals surface area contributed by atoms with Crippen LogP contribution in [-0.2, 0) is 4.79 Å². The van der Waals surface area contributed by atoms with Gasteiger partial charge in [-0.2, -0.15) is 4.39 Å². The molecule has 0 aliphatic carbocycles. The van der Waals surface area contributed by atoms with E-state index in [0.717, 1.165) is 12.1 Å². The quantitative estimate of drug-likeness (QED) is 0.853. The summed E-state index contributed by atoms with van der Waals surface area (Å²) in [6.45, 7) is 0. The molecule has 1 N–H and O–H groups in total.